The summed E-state index contributed by atoms with van der Waals surface area (Å²) in [6, 6.07) is 10.6. The smallest absolute Gasteiger partial charge is 0.262 e. The van der Waals surface area contributed by atoms with E-state index >= 15 is 0 Å². The first kappa shape index (κ1) is 21.6. The Balaban J connectivity index is 1.95. The number of ether oxygens (including phenoxy) is 1. The maximum atomic E-state index is 14.0. The third kappa shape index (κ3) is 4.88. The van der Waals surface area contributed by atoms with Crippen LogP contribution in [-0.4, -0.2) is 28.0 Å². The van der Waals surface area contributed by atoms with Gasteiger partial charge >= 0.3 is 0 Å². The predicted octanol–water partition coefficient (Wildman–Crippen LogP) is 4.33. The number of rotatable bonds is 8. The number of nitrogens with one attached hydrogen (secondary N) is 1. The number of halogens is 2. The van der Waals surface area contributed by atoms with E-state index in [0.717, 1.165) is 12.1 Å². The lowest BCUT2D eigenvalue weighted by Crippen LogP contribution is -2.25. The molecule has 8 heteroatoms. The molecule has 0 saturated carbocycles. The molecule has 6 nitrogen and oxygen atoms in total. The number of hydrogen-bond acceptors (Lipinski definition) is 5. The molecule has 0 atom stereocenters. The Hall–Kier alpha value is -3.13. The fraction of sp³-hybridized carbons (Fsp3) is 0.318. The summed E-state index contributed by atoms with van der Waals surface area (Å²) in [5.74, 6) is -1.24. The number of nitrogens with zero attached hydrogens (tertiary/aromatic N) is 3. The molecule has 0 fully saturated rings. The van der Waals surface area contributed by atoms with Gasteiger partial charge in [-0.1, -0.05) is 18.2 Å². The highest BCUT2D eigenvalue weighted by atomic mass is 19.1. The van der Waals surface area contributed by atoms with Crippen LogP contribution >= 0.6 is 0 Å². The first-order valence-corrected chi connectivity index (χ1v) is 9.74. The van der Waals surface area contributed by atoms with Crippen molar-refractivity contribution in [2.45, 2.75) is 39.8 Å². The average Bonchev–Trinajstić information content (AvgIpc) is 2.71. The zero-order valence-corrected chi connectivity index (χ0v) is 17.2. The molecular weight excluding hydrogens is 390 g/mol. The fourth-order valence-corrected chi connectivity index (χ4v) is 3.04. The first-order chi connectivity index (χ1) is 14.4. The Morgan fingerprint density at radius 1 is 1.17 bits per heavy atom. The summed E-state index contributed by atoms with van der Waals surface area (Å²) in [6.07, 6.45) is 0.689. The summed E-state index contributed by atoms with van der Waals surface area (Å²) in [5, 5.41) is 4.56. The van der Waals surface area contributed by atoms with E-state index in [9.17, 15) is 13.6 Å². The number of anilines is 1. The highest BCUT2D eigenvalue weighted by Crippen LogP contribution is 2.15. The zero-order valence-electron chi connectivity index (χ0n) is 17.2. The number of benzene rings is 2. The van der Waals surface area contributed by atoms with Crippen LogP contribution in [0.3, 0.4) is 0 Å². The molecule has 1 heterocycles. The summed E-state index contributed by atoms with van der Waals surface area (Å²) in [7, 11) is 0. The molecule has 1 N–H and O–H groups in total. The summed E-state index contributed by atoms with van der Waals surface area (Å²) in [6.45, 7) is 6.20. The van der Waals surface area contributed by atoms with Crippen LogP contribution in [0.15, 0.2) is 52.4 Å². The van der Waals surface area contributed by atoms with Gasteiger partial charge in [-0.05, 0) is 51.5 Å². The molecule has 1 aromatic heterocycles. The van der Waals surface area contributed by atoms with Gasteiger partial charge in [-0.3, -0.25) is 9.36 Å². The number of hydrazone groups is 1. The molecule has 0 bridgehead atoms. The molecule has 2 aromatic carbocycles. The minimum Gasteiger partial charge on any atom is -0.379 e. The van der Waals surface area contributed by atoms with Gasteiger partial charge in [0.05, 0.1) is 28.3 Å². The van der Waals surface area contributed by atoms with Gasteiger partial charge in [0, 0.05) is 13.2 Å². The Morgan fingerprint density at radius 2 is 1.87 bits per heavy atom. The van der Waals surface area contributed by atoms with Crippen LogP contribution in [0.25, 0.3) is 10.9 Å². The van der Waals surface area contributed by atoms with Crippen LogP contribution in [0, 0.1) is 11.6 Å². The number of hydrogen-bond donors (Lipinski definition) is 1. The van der Waals surface area contributed by atoms with Crippen LogP contribution in [0.4, 0.5) is 14.7 Å². The second-order valence-electron chi connectivity index (χ2n) is 7.09. The average molecular weight is 414 g/mol. The van der Waals surface area contributed by atoms with Crippen LogP contribution in [-0.2, 0) is 11.3 Å². The number of para-hydroxylation sites is 1. The van der Waals surface area contributed by atoms with E-state index in [2.05, 4.69) is 15.5 Å². The van der Waals surface area contributed by atoms with Crippen molar-refractivity contribution in [1.29, 1.82) is 0 Å². The lowest BCUT2D eigenvalue weighted by atomic mass is 10.1. The van der Waals surface area contributed by atoms with Crippen molar-refractivity contribution >= 4 is 22.6 Å². The first-order valence-electron chi connectivity index (χ1n) is 9.74. The molecule has 0 amide bonds. The van der Waals surface area contributed by atoms with Crippen molar-refractivity contribution in [2.75, 3.05) is 12.0 Å². The zero-order chi connectivity index (χ0) is 21.7. The Labute approximate surface area is 173 Å². The molecule has 3 rings (SSSR count). The quantitative estimate of drug-likeness (QED) is 0.339. The minimum absolute atomic E-state index is 0.0944. The minimum atomic E-state index is -0.715. The lowest BCUT2D eigenvalue weighted by molar-refractivity contribution is 0.0748. The van der Waals surface area contributed by atoms with E-state index in [1.165, 1.54) is 17.6 Å². The van der Waals surface area contributed by atoms with Crippen LogP contribution in [0.2, 0.25) is 0 Å². The van der Waals surface area contributed by atoms with Gasteiger partial charge in [0.1, 0.15) is 11.6 Å². The van der Waals surface area contributed by atoms with Gasteiger partial charge < -0.3 is 4.74 Å². The molecule has 0 aliphatic rings. The van der Waals surface area contributed by atoms with E-state index in [1.54, 1.807) is 24.3 Å². The Morgan fingerprint density at radius 3 is 2.57 bits per heavy atom. The largest absolute Gasteiger partial charge is 0.379 e. The van der Waals surface area contributed by atoms with Crippen molar-refractivity contribution in [3.63, 3.8) is 0 Å². The van der Waals surface area contributed by atoms with Gasteiger partial charge in [-0.15, -0.1) is 0 Å². The fourth-order valence-electron chi connectivity index (χ4n) is 3.04. The second kappa shape index (κ2) is 9.58. The summed E-state index contributed by atoms with van der Waals surface area (Å²) >= 11 is 0. The molecule has 3 aromatic rings. The van der Waals surface area contributed by atoms with Crippen molar-refractivity contribution in [2.24, 2.45) is 5.10 Å². The molecule has 30 heavy (non-hydrogen) atoms. The van der Waals surface area contributed by atoms with Gasteiger partial charge in [-0.2, -0.15) is 5.10 Å². The van der Waals surface area contributed by atoms with Crippen LogP contribution in [0.5, 0.6) is 0 Å². The molecule has 0 spiro atoms. The molecule has 0 aliphatic carbocycles. The van der Waals surface area contributed by atoms with Gasteiger partial charge in [0.2, 0.25) is 5.95 Å². The van der Waals surface area contributed by atoms with Crippen molar-refractivity contribution < 1.29 is 13.5 Å². The van der Waals surface area contributed by atoms with E-state index in [0.29, 0.717) is 30.5 Å². The van der Waals surface area contributed by atoms with Crippen LogP contribution in [0.1, 0.15) is 32.8 Å². The third-order valence-corrected chi connectivity index (χ3v) is 4.49. The maximum Gasteiger partial charge on any atom is 0.262 e. The molecule has 0 saturated heterocycles. The summed E-state index contributed by atoms with van der Waals surface area (Å²) in [4.78, 5) is 17.5. The van der Waals surface area contributed by atoms with E-state index in [4.69, 9.17) is 4.74 Å². The van der Waals surface area contributed by atoms with Crippen molar-refractivity contribution in [3.8, 4) is 0 Å². The van der Waals surface area contributed by atoms with Crippen molar-refractivity contribution in [1.82, 2.24) is 9.55 Å². The third-order valence-electron chi connectivity index (χ3n) is 4.49. The summed E-state index contributed by atoms with van der Waals surface area (Å²) in [5.41, 5.74) is 2.86. The van der Waals surface area contributed by atoms with E-state index in [1.807, 2.05) is 13.8 Å². The molecule has 0 radical (unpaired) electrons. The monoisotopic (exact) mass is 414 g/mol. The maximum absolute atomic E-state index is 14.0. The van der Waals surface area contributed by atoms with Crippen molar-refractivity contribution in [3.05, 3.63) is 70.0 Å². The molecule has 158 valence electrons. The van der Waals surface area contributed by atoms with Gasteiger partial charge in [-0.25, -0.2) is 19.2 Å². The van der Waals surface area contributed by atoms with Crippen LogP contribution < -0.4 is 11.0 Å². The molecule has 0 aliphatic heterocycles. The topological polar surface area (TPSA) is 68.5 Å². The molecular formula is C22H24F2N4O2. The van der Waals surface area contributed by atoms with Gasteiger partial charge in [0.25, 0.3) is 5.56 Å². The summed E-state index contributed by atoms with van der Waals surface area (Å²) < 4.78 is 35.0. The second-order valence-corrected chi connectivity index (χ2v) is 7.09. The number of fused-ring (bicyclic) bond motifs is 1. The SMILES string of the molecule is C/C(=N/Nc1nc2ccccc2c(=O)n1CCCOC(C)C)c1c(F)cccc1F. The number of aromatic nitrogens is 2. The Bertz CT molecular complexity index is 1110. The van der Waals surface area contributed by atoms with Gasteiger partial charge in [0.15, 0.2) is 0 Å². The Kier molecular flexibility index (Phi) is 6.89. The molecule has 0 unspecified atom stereocenters. The normalized spacial score (nSPS) is 12.0. The van der Waals surface area contributed by atoms with E-state index in [-0.39, 0.29) is 28.9 Å². The predicted molar refractivity (Wildman–Crippen MR) is 114 cm³/mol. The standard InChI is InChI=1S/C22H24F2N4O2/c1-14(2)30-13-7-12-28-21(29)16-8-4-5-11-19(16)25-22(28)27-26-15(3)20-17(23)9-6-10-18(20)24/h4-6,8-11,14H,7,12-13H2,1-3H3,(H,25,27)/b26-15-. The highest BCUT2D eigenvalue weighted by molar-refractivity contribution is 5.99. The highest BCUT2D eigenvalue weighted by Gasteiger charge is 2.14. The lowest BCUT2D eigenvalue weighted by Gasteiger charge is -2.14. The van der Waals surface area contributed by atoms with E-state index < -0.39 is 11.6 Å².